The fraction of sp³-hybridized carbons (Fsp3) is 0.686. The summed E-state index contributed by atoms with van der Waals surface area (Å²) in [6.07, 6.45) is 8.23. The van der Waals surface area contributed by atoms with E-state index in [1.165, 1.54) is 42.4 Å². The van der Waals surface area contributed by atoms with E-state index in [0.29, 0.717) is 40.9 Å². The van der Waals surface area contributed by atoms with Crippen LogP contribution in [-0.4, -0.2) is 75.5 Å². The van der Waals surface area contributed by atoms with Crippen LogP contribution in [0.3, 0.4) is 0 Å². The summed E-state index contributed by atoms with van der Waals surface area (Å²) in [5.74, 6) is 2.40. The molecular formula is C35H58ClN3O2. The maximum absolute atomic E-state index is 14.1. The van der Waals surface area contributed by atoms with Crippen molar-refractivity contribution in [3.8, 4) is 0 Å². The van der Waals surface area contributed by atoms with Gasteiger partial charge in [0.2, 0.25) is 0 Å². The van der Waals surface area contributed by atoms with Gasteiger partial charge in [-0.3, -0.25) is 4.79 Å². The van der Waals surface area contributed by atoms with Crippen LogP contribution >= 0.6 is 11.6 Å². The summed E-state index contributed by atoms with van der Waals surface area (Å²) in [6, 6.07) is 4.69. The third kappa shape index (κ3) is 8.76. The van der Waals surface area contributed by atoms with Crippen molar-refractivity contribution in [3.63, 3.8) is 0 Å². The molecule has 2 atom stereocenters. The quantitative estimate of drug-likeness (QED) is 0.171. The van der Waals surface area contributed by atoms with Crippen molar-refractivity contribution in [1.29, 1.82) is 0 Å². The second-order valence-corrected chi connectivity index (χ2v) is 13.2. The maximum atomic E-state index is 14.1. The van der Waals surface area contributed by atoms with Gasteiger partial charge in [-0.1, -0.05) is 44.4 Å². The lowest BCUT2D eigenvalue weighted by Crippen LogP contribution is -2.34. The number of halogens is 1. The molecule has 0 bridgehead atoms. The molecule has 0 aliphatic heterocycles. The fourth-order valence-electron chi connectivity index (χ4n) is 6.75. The largest absolute Gasteiger partial charge is 0.482 e. The lowest BCUT2D eigenvalue weighted by Gasteiger charge is -2.39. The van der Waals surface area contributed by atoms with Gasteiger partial charge >= 0.3 is 0 Å². The van der Waals surface area contributed by atoms with Crippen LogP contribution in [0.4, 0.5) is 0 Å². The van der Waals surface area contributed by atoms with E-state index in [4.69, 9.17) is 16.3 Å². The van der Waals surface area contributed by atoms with E-state index in [2.05, 4.69) is 66.6 Å². The van der Waals surface area contributed by atoms with Gasteiger partial charge in [-0.05, 0) is 120 Å². The number of allylic oxidation sites excluding steroid dienone is 1. The lowest BCUT2D eigenvalue weighted by molar-refractivity contribution is 0.0802. The van der Waals surface area contributed by atoms with Crippen molar-refractivity contribution in [1.82, 2.24) is 14.7 Å². The van der Waals surface area contributed by atoms with Crippen LogP contribution in [0.1, 0.15) is 107 Å². The Kier molecular flexibility index (Phi) is 13.8. The summed E-state index contributed by atoms with van der Waals surface area (Å²) < 4.78 is 5.81. The monoisotopic (exact) mass is 587 g/mol. The minimum atomic E-state index is -0.00527. The Morgan fingerprint density at radius 1 is 1.05 bits per heavy atom. The van der Waals surface area contributed by atoms with Crippen LogP contribution in [0.2, 0.25) is 5.02 Å². The molecule has 1 aliphatic rings. The van der Waals surface area contributed by atoms with E-state index in [1.807, 2.05) is 37.0 Å². The zero-order chi connectivity index (χ0) is 31.0. The van der Waals surface area contributed by atoms with Gasteiger partial charge in [0.15, 0.2) is 5.88 Å². The standard InChI is InChI=1S/C35H58ClN3O2/c1-13-15-30(25(5)27-16-18-29(19-17-27)37(7)8)31-20-28(36)21-32(26(31)6)34(40)39(11)22-33(24(4)23(3)14-2)35(41-12)38(9)10/h20-21,25,27,29-30H,13-19,22H2,1-12H3. The van der Waals surface area contributed by atoms with Crippen LogP contribution in [-0.2, 0) is 4.74 Å². The highest BCUT2D eigenvalue weighted by Crippen LogP contribution is 2.43. The summed E-state index contributed by atoms with van der Waals surface area (Å²) >= 11 is 6.77. The predicted molar refractivity (Wildman–Crippen MR) is 176 cm³/mol. The minimum absolute atomic E-state index is 0.00527. The summed E-state index contributed by atoms with van der Waals surface area (Å²) in [4.78, 5) is 20.2. The third-order valence-electron chi connectivity index (χ3n) is 9.71. The van der Waals surface area contributed by atoms with E-state index in [1.54, 1.807) is 7.11 Å². The van der Waals surface area contributed by atoms with Crippen molar-refractivity contribution in [2.45, 2.75) is 98.4 Å². The van der Waals surface area contributed by atoms with Gasteiger partial charge in [-0.25, -0.2) is 0 Å². The summed E-state index contributed by atoms with van der Waals surface area (Å²) in [6.45, 7) is 13.7. The number of hydrogen-bond donors (Lipinski definition) is 0. The average molecular weight is 588 g/mol. The number of likely N-dealkylation sites (N-methyl/N-ethyl adjacent to an activating group) is 1. The number of benzene rings is 1. The van der Waals surface area contributed by atoms with Crippen molar-refractivity contribution in [2.24, 2.45) is 11.8 Å². The molecule has 5 nitrogen and oxygen atoms in total. The first-order valence-electron chi connectivity index (χ1n) is 15.6. The molecule has 41 heavy (non-hydrogen) atoms. The smallest absolute Gasteiger partial charge is 0.254 e. The highest BCUT2D eigenvalue weighted by molar-refractivity contribution is 6.31. The normalized spacial score (nSPS) is 20.2. The predicted octanol–water partition coefficient (Wildman–Crippen LogP) is 8.53. The number of rotatable bonds is 13. The number of ether oxygens (including phenoxy) is 1. The molecule has 1 aliphatic carbocycles. The van der Waals surface area contributed by atoms with Crippen LogP contribution < -0.4 is 0 Å². The van der Waals surface area contributed by atoms with Gasteiger partial charge in [0.25, 0.3) is 5.91 Å². The molecule has 0 N–H and O–H groups in total. The van der Waals surface area contributed by atoms with Crippen LogP contribution in [0.5, 0.6) is 0 Å². The van der Waals surface area contributed by atoms with Gasteiger partial charge in [-0.15, -0.1) is 0 Å². The average Bonchev–Trinajstić information content (AvgIpc) is 2.95. The zero-order valence-electron chi connectivity index (χ0n) is 28.2. The fourth-order valence-corrected chi connectivity index (χ4v) is 6.98. The highest BCUT2D eigenvalue weighted by atomic mass is 35.5. The van der Waals surface area contributed by atoms with Crippen molar-refractivity contribution in [2.75, 3.05) is 48.9 Å². The Morgan fingerprint density at radius 3 is 2.15 bits per heavy atom. The number of nitrogens with zero attached hydrogens (tertiary/aromatic N) is 3. The van der Waals surface area contributed by atoms with Crippen LogP contribution in [0, 0.1) is 18.8 Å². The molecule has 0 saturated heterocycles. The van der Waals surface area contributed by atoms with Gasteiger partial charge in [-0.2, -0.15) is 0 Å². The van der Waals surface area contributed by atoms with E-state index >= 15 is 0 Å². The molecule has 0 radical (unpaired) electrons. The Bertz CT molecular complexity index is 1080. The van der Waals surface area contributed by atoms with Crippen LogP contribution in [0.15, 0.2) is 34.7 Å². The minimum Gasteiger partial charge on any atom is -0.482 e. The van der Waals surface area contributed by atoms with Crippen molar-refractivity contribution < 1.29 is 9.53 Å². The molecule has 1 saturated carbocycles. The molecule has 1 aromatic carbocycles. The second kappa shape index (κ2) is 16.0. The number of carbonyl (C=O) groups excluding carboxylic acids is 1. The summed E-state index contributed by atoms with van der Waals surface area (Å²) in [7, 11) is 11.9. The van der Waals surface area contributed by atoms with E-state index in [-0.39, 0.29) is 5.91 Å². The van der Waals surface area contributed by atoms with E-state index in [9.17, 15) is 4.79 Å². The molecule has 2 rings (SSSR count). The van der Waals surface area contributed by atoms with Crippen LogP contribution in [0.25, 0.3) is 0 Å². The van der Waals surface area contributed by atoms with Gasteiger partial charge in [0, 0.05) is 43.3 Å². The van der Waals surface area contributed by atoms with E-state index < -0.39 is 0 Å². The van der Waals surface area contributed by atoms with Gasteiger partial charge < -0.3 is 19.4 Å². The molecule has 1 amide bonds. The number of methoxy groups -OCH3 is 1. The molecule has 0 aromatic heterocycles. The maximum Gasteiger partial charge on any atom is 0.254 e. The Balaban J connectivity index is 2.45. The third-order valence-corrected chi connectivity index (χ3v) is 9.93. The summed E-state index contributed by atoms with van der Waals surface area (Å²) in [5.41, 5.74) is 6.50. The first-order chi connectivity index (χ1) is 19.3. The molecule has 1 aromatic rings. The topological polar surface area (TPSA) is 36.0 Å². The Hall–Kier alpha value is -1.98. The molecule has 0 spiro atoms. The molecule has 6 heteroatoms. The first-order valence-corrected chi connectivity index (χ1v) is 16.0. The second-order valence-electron chi connectivity index (χ2n) is 12.8. The van der Waals surface area contributed by atoms with Gasteiger partial charge in [0.1, 0.15) is 0 Å². The Morgan fingerprint density at radius 2 is 1.66 bits per heavy atom. The Labute approximate surface area is 256 Å². The molecule has 1 fully saturated rings. The molecule has 232 valence electrons. The van der Waals surface area contributed by atoms with E-state index in [0.717, 1.165) is 36.3 Å². The highest BCUT2D eigenvalue weighted by Gasteiger charge is 2.33. The zero-order valence-corrected chi connectivity index (χ0v) is 28.9. The number of hydrogen-bond acceptors (Lipinski definition) is 4. The number of amides is 1. The molecule has 2 unspecified atom stereocenters. The first kappa shape index (κ1) is 35.2. The SMILES string of the molecule is CCCC(c1cc(Cl)cc(C(=O)N(C)CC(C(C)=C(C)CC)=C(OC)N(C)C)c1C)C(C)C1CCC(N(C)C)CC1. The molecule has 0 heterocycles. The number of carbonyl (C=O) groups is 1. The summed E-state index contributed by atoms with van der Waals surface area (Å²) in [5, 5.41) is 0.645. The molecular weight excluding hydrogens is 530 g/mol. The lowest BCUT2D eigenvalue weighted by atomic mass is 9.70. The van der Waals surface area contributed by atoms with Crippen molar-refractivity contribution >= 4 is 17.5 Å². The van der Waals surface area contributed by atoms with Crippen molar-refractivity contribution in [3.05, 3.63) is 56.4 Å². The van der Waals surface area contributed by atoms with Gasteiger partial charge in [0.05, 0.1) is 13.7 Å².